The molecule has 0 aliphatic rings. The van der Waals surface area contributed by atoms with Crippen molar-refractivity contribution >= 4 is 62.5 Å². The Morgan fingerprint density at radius 3 is 2.48 bits per heavy atom. The van der Waals surface area contributed by atoms with Gasteiger partial charge in [0.2, 0.25) is 0 Å². The lowest BCUT2D eigenvalue weighted by Crippen LogP contribution is -2.19. The SMILES string of the molecule is COc1cc(C(=O)Oc2ccc(Br)cc2C=NNC(=O)c2[nH]c3ccc(F)cc3c2-c2ccccc2Cl)ccc1OC(C)=O. The molecule has 0 aliphatic heterocycles. The first kappa shape index (κ1) is 30.5. The van der Waals surface area contributed by atoms with E-state index in [4.69, 9.17) is 25.8 Å². The van der Waals surface area contributed by atoms with E-state index >= 15 is 0 Å². The van der Waals surface area contributed by atoms with E-state index in [-0.39, 0.29) is 28.5 Å². The highest BCUT2D eigenvalue weighted by Crippen LogP contribution is 2.37. The molecule has 1 aromatic heterocycles. The summed E-state index contributed by atoms with van der Waals surface area (Å²) in [7, 11) is 1.38. The second kappa shape index (κ2) is 13.1. The molecule has 0 saturated heterocycles. The van der Waals surface area contributed by atoms with Crippen molar-refractivity contribution in [3.05, 3.63) is 111 Å². The minimum atomic E-state index is -0.714. The second-order valence-electron chi connectivity index (χ2n) is 9.27. The molecule has 0 atom stereocenters. The van der Waals surface area contributed by atoms with E-state index in [0.717, 1.165) is 0 Å². The predicted molar refractivity (Wildman–Crippen MR) is 167 cm³/mol. The highest BCUT2D eigenvalue weighted by atomic mass is 79.9. The average Bonchev–Trinajstić information content (AvgIpc) is 3.37. The van der Waals surface area contributed by atoms with Crippen molar-refractivity contribution in [2.24, 2.45) is 5.10 Å². The summed E-state index contributed by atoms with van der Waals surface area (Å²) in [5, 5.41) is 4.94. The van der Waals surface area contributed by atoms with E-state index < -0.39 is 23.7 Å². The third kappa shape index (κ3) is 6.64. The number of amides is 1. The summed E-state index contributed by atoms with van der Waals surface area (Å²) in [6, 6.07) is 20.2. The fraction of sp³-hybridized carbons (Fsp3) is 0.0625. The van der Waals surface area contributed by atoms with Crippen molar-refractivity contribution in [1.29, 1.82) is 0 Å². The molecule has 2 N–H and O–H groups in total. The molecule has 0 fully saturated rings. The first-order valence-corrected chi connectivity index (χ1v) is 14.1. The molecule has 0 aliphatic carbocycles. The van der Waals surface area contributed by atoms with E-state index in [1.54, 1.807) is 42.5 Å². The van der Waals surface area contributed by atoms with Gasteiger partial charge in [-0.25, -0.2) is 14.6 Å². The summed E-state index contributed by atoms with van der Waals surface area (Å²) in [5.74, 6) is -1.85. The molecule has 0 radical (unpaired) electrons. The second-order valence-corrected chi connectivity index (χ2v) is 10.6. The molecule has 9 nitrogen and oxygen atoms in total. The van der Waals surface area contributed by atoms with Crippen LogP contribution >= 0.6 is 27.5 Å². The number of H-pyrrole nitrogens is 1. The number of carbonyl (C=O) groups is 3. The zero-order chi connectivity index (χ0) is 31.4. The van der Waals surface area contributed by atoms with E-state index in [1.165, 1.54) is 56.6 Å². The number of fused-ring (bicyclic) bond motifs is 1. The number of halogens is 3. The number of esters is 2. The summed E-state index contributed by atoms with van der Waals surface area (Å²) >= 11 is 9.82. The van der Waals surface area contributed by atoms with Gasteiger partial charge in [0.15, 0.2) is 11.5 Å². The van der Waals surface area contributed by atoms with Gasteiger partial charge in [-0.3, -0.25) is 9.59 Å². The summed E-state index contributed by atoms with van der Waals surface area (Å²) in [4.78, 5) is 40.7. The number of hydrazone groups is 1. The van der Waals surface area contributed by atoms with E-state index in [1.807, 2.05) is 0 Å². The predicted octanol–water partition coefficient (Wildman–Crippen LogP) is 7.31. The van der Waals surface area contributed by atoms with Crippen LogP contribution in [0.25, 0.3) is 22.0 Å². The summed E-state index contributed by atoms with van der Waals surface area (Å²) in [5.41, 5.74) is 4.60. The van der Waals surface area contributed by atoms with E-state index in [9.17, 15) is 18.8 Å². The van der Waals surface area contributed by atoms with Crippen LogP contribution in [0.1, 0.15) is 33.3 Å². The van der Waals surface area contributed by atoms with Gasteiger partial charge in [-0.05, 0) is 60.7 Å². The minimum absolute atomic E-state index is 0.128. The largest absolute Gasteiger partial charge is 0.493 e. The van der Waals surface area contributed by atoms with Crippen molar-refractivity contribution < 1.29 is 33.0 Å². The van der Waals surface area contributed by atoms with Gasteiger partial charge in [0, 0.05) is 44.0 Å². The number of methoxy groups -OCH3 is 1. The van der Waals surface area contributed by atoms with Crippen LogP contribution in [0.3, 0.4) is 0 Å². The number of hydrogen-bond donors (Lipinski definition) is 2. The van der Waals surface area contributed by atoms with Crippen molar-refractivity contribution in [1.82, 2.24) is 10.4 Å². The fourth-order valence-corrected chi connectivity index (χ4v) is 5.01. The summed E-state index contributed by atoms with van der Waals surface area (Å²) in [6.07, 6.45) is 1.31. The zero-order valence-corrected chi connectivity index (χ0v) is 25.5. The number of carbonyl (C=O) groups excluding carboxylic acids is 3. The highest BCUT2D eigenvalue weighted by Gasteiger charge is 2.21. The highest BCUT2D eigenvalue weighted by molar-refractivity contribution is 9.10. The number of nitrogens with zero attached hydrogens (tertiary/aromatic N) is 1. The lowest BCUT2D eigenvalue weighted by atomic mass is 10.0. The summed E-state index contributed by atoms with van der Waals surface area (Å²) in [6.45, 7) is 1.25. The van der Waals surface area contributed by atoms with Gasteiger partial charge in [-0.1, -0.05) is 45.7 Å². The van der Waals surface area contributed by atoms with E-state index in [0.29, 0.717) is 37.1 Å². The Kier molecular flexibility index (Phi) is 9.07. The number of aromatic nitrogens is 1. The van der Waals surface area contributed by atoms with Crippen molar-refractivity contribution in [3.63, 3.8) is 0 Å². The minimum Gasteiger partial charge on any atom is -0.493 e. The van der Waals surface area contributed by atoms with Crippen molar-refractivity contribution in [2.75, 3.05) is 7.11 Å². The molecule has 12 heteroatoms. The average molecular weight is 679 g/mol. The molecular formula is C32H22BrClFN3O6. The van der Waals surface area contributed by atoms with E-state index in [2.05, 4.69) is 31.4 Å². The van der Waals surface area contributed by atoms with Crippen LogP contribution < -0.4 is 19.6 Å². The first-order valence-electron chi connectivity index (χ1n) is 12.9. The van der Waals surface area contributed by atoms with Crippen LogP contribution in [-0.2, 0) is 4.79 Å². The molecule has 222 valence electrons. The Bertz CT molecular complexity index is 1960. The van der Waals surface area contributed by atoms with Crippen LogP contribution in [0.2, 0.25) is 5.02 Å². The number of rotatable bonds is 8. The van der Waals surface area contributed by atoms with Crippen molar-refractivity contribution in [2.45, 2.75) is 6.92 Å². The smallest absolute Gasteiger partial charge is 0.343 e. The molecule has 4 aromatic carbocycles. The van der Waals surface area contributed by atoms with Gasteiger partial charge in [-0.15, -0.1) is 0 Å². The zero-order valence-electron chi connectivity index (χ0n) is 23.1. The molecule has 5 aromatic rings. The molecule has 0 unspecified atom stereocenters. The van der Waals surface area contributed by atoms with Gasteiger partial charge < -0.3 is 19.2 Å². The monoisotopic (exact) mass is 677 g/mol. The Hall–Kier alpha value is -5.00. The molecule has 0 bridgehead atoms. The Labute approximate surface area is 263 Å². The van der Waals surface area contributed by atoms with Gasteiger partial charge in [0.05, 0.1) is 18.9 Å². The topological polar surface area (TPSA) is 119 Å². The molecule has 0 saturated carbocycles. The first-order chi connectivity index (χ1) is 21.1. The number of benzene rings is 4. The molecular weight excluding hydrogens is 657 g/mol. The maximum atomic E-state index is 14.2. The maximum absolute atomic E-state index is 14.2. The van der Waals surface area contributed by atoms with Crippen LogP contribution in [-0.4, -0.2) is 36.2 Å². The van der Waals surface area contributed by atoms with Gasteiger partial charge in [0.1, 0.15) is 17.3 Å². The summed E-state index contributed by atoms with van der Waals surface area (Å²) < 4.78 is 30.7. The van der Waals surface area contributed by atoms with Crippen LogP contribution in [0.5, 0.6) is 17.2 Å². The quantitative estimate of drug-likeness (QED) is 0.0769. The maximum Gasteiger partial charge on any atom is 0.343 e. The van der Waals surface area contributed by atoms with Gasteiger partial charge in [0.25, 0.3) is 5.91 Å². The third-order valence-corrected chi connectivity index (χ3v) is 7.15. The number of ether oxygens (including phenoxy) is 3. The van der Waals surface area contributed by atoms with Crippen LogP contribution in [0.4, 0.5) is 4.39 Å². The van der Waals surface area contributed by atoms with Crippen LogP contribution in [0.15, 0.2) is 88.4 Å². The number of hydrogen-bond acceptors (Lipinski definition) is 7. The number of aromatic amines is 1. The lowest BCUT2D eigenvalue weighted by Gasteiger charge is -2.11. The lowest BCUT2D eigenvalue weighted by molar-refractivity contribution is -0.132. The molecule has 1 amide bonds. The van der Waals surface area contributed by atoms with Gasteiger partial charge in [-0.2, -0.15) is 5.10 Å². The van der Waals surface area contributed by atoms with Crippen LogP contribution in [0, 0.1) is 5.82 Å². The normalized spacial score (nSPS) is 11.0. The molecule has 1 heterocycles. The van der Waals surface area contributed by atoms with Crippen molar-refractivity contribution in [3.8, 4) is 28.4 Å². The number of nitrogens with one attached hydrogen (secondary N) is 2. The molecule has 0 spiro atoms. The fourth-order valence-electron chi connectivity index (χ4n) is 4.40. The molecule has 44 heavy (non-hydrogen) atoms. The standard InChI is InChI=1S/C32H22BrClFN3O6/c1-17(39)43-27-11-7-18(14-28(27)42-2)32(41)44-26-12-8-20(33)13-19(26)16-36-38-31(40)30-29(22-5-3-4-6-24(22)34)23-15-21(35)9-10-25(23)37-30/h3-16,37H,1-2H3,(H,38,40). The third-order valence-electron chi connectivity index (χ3n) is 6.33. The Morgan fingerprint density at radius 1 is 0.955 bits per heavy atom. The Morgan fingerprint density at radius 2 is 1.73 bits per heavy atom. The van der Waals surface area contributed by atoms with Gasteiger partial charge >= 0.3 is 11.9 Å². The molecule has 5 rings (SSSR count). The Balaban J connectivity index is 1.40.